The lowest BCUT2D eigenvalue weighted by molar-refractivity contribution is 0.0398. The van der Waals surface area contributed by atoms with E-state index in [4.69, 9.17) is 9.47 Å². The Balaban J connectivity index is 1.39. The number of rotatable bonds is 9. The second-order valence-electron chi connectivity index (χ2n) is 6.67. The van der Waals surface area contributed by atoms with E-state index in [2.05, 4.69) is 20.5 Å². The first-order chi connectivity index (χ1) is 13.7. The average molecular weight is 384 g/mol. The van der Waals surface area contributed by atoms with Crippen molar-refractivity contribution in [3.63, 3.8) is 0 Å². The number of carbonyl (C=O) groups excluding carboxylic acids is 1. The summed E-state index contributed by atoms with van der Waals surface area (Å²) in [5.74, 6) is 1.49. The number of carbonyl (C=O) groups is 1. The van der Waals surface area contributed by atoms with Gasteiger partial charge < -0.3 is 20.1 Å². The fourth-order valence-electron chi connectivity index (χ4n) is 3.05. The van der Waals surface area contributed by atoms with Gasteiger partial charge in [-0.3, -0.25) is 9.69 Å². The number of hydrogen-bond acceptors (Lipinski definition) is 6. The van der Waals surface area contributed by atoms with E-state index < -0.39 is 0 Å². The summed E-state index contributed by atoms with van der Waals surface area (Å²) in [6.07, 6.45) is 2.36. The minimum atomic E-state index is -0.115. The Morgan fingerprint density at radius 3 is 2.82 bits per heavy atom. The highest BCUT2D eigenvalue weighted by atomic mass is 16.5. The van der Waals surface area contributed by atoms with Crippen molar-refractivity contribution in [1.82, 2.24) is 15.2 Å². The smallest absolute Gasteiger partial charge is 0.252 e. The van der Waals surface area contributed by atoms with E-state index >= 15 is 0 Å². The topological polar surface area (TPSA) is 75.7 Å². The number of morpholine rings is 1. The largest absolute Gasteiger partial charge is 0.497 e. The molecular weight excluding hydrogens is 356 g/mol. The summed E-state index contributed by atoms with van der Waals surface area (Å²) in [7, 11) is 1.65. The van der Waals surface area contributed by atoms with E-state index in [9.17, 15) is 4.79 Å². The number of nitrogens with one attached hydrogen (secondary N) is 2. The molecule has 0 atom stereocenters. The van der Waals surface area contributed by atoms with Crippen molar-refractivity contribution in [3.05, 3.63) is 53.7 Å². The van der Waals surface area contributed by atoms with Crippen LogP contribution in [0.3, 0.4) is 0 Å². The molecule has 1 aliphatic rings. The van der Waals surface area contributed by atoms with Crippen LogP contribution in [0.25, 0.3) is 0 Å². The van der Waals surface area contributed by atoms with E-state index in [1.165, 1.54) is 0 Å². The normalized spacial score (nSPS) is 14.5. The van der Waals surface area contributed by atoms with E-state index in [1.807, 2.05) is 30.3 Å². The van der Waals surface area contributed by atoms with Crippen molar-refractivity contribution in [2.24, 2.45) is 0 Å². The number of benzene rings is 1. The minimum absolute atomic E-state index is 0.115. The van der Waals surface area contributed by atoms with Crippen LogP contribution in [0.4, 0.5) is 5.82 Å². The molecule has 3 rings (SSSR count). The molecule has 1 aromatic heterocycles. The molecule has 1 saturated heterocycles. The summed E-state index contributed by atoms with van der Waals surface area (Å²) in [5.41, 5.74) is 1.68. The van der Waals surface area contributed by atoms with Gasteiger partial charge in [-0.15, -0.1) is 0 Å². The van der Waals surface area contributed by atoms with E-state index in [0.717, 1.165) is 62.9 Å². The standard InChI is InChI=1S/C21H28N4O3/c1-27-19-4-2-3-17(15-19)7-8-23-21(26)18-5-6-20(24-16-18)22-9-10-25-11-13-28-14-12-25/h2-6,15-16H,7-14H2,1H3,(H,22,24)(H,23,26). The van der Waals surface area contributed by atoms with Crippen LogP contribution >= 0.6 is 0 Å². The summed E-state index contributed by atoms with van der Waals surface area (Å²) < 4.78 is 10.6. The van der Waals surface area contributed by atoms with Gasteiger partial charge >= 0.3 is 0 Å². The summed E-state index contributed by atoms with van der Waals surface area (Å²) in [6, 6.07) is 11.5. The molecule has 2 aromatic rings. The Bertz CT molecular complexity index is 746. The summed E-state index contributed by atoms with van der Waals surface area (Å²) >= 11 is 0. The Morgan fingerprint density at radius 1 is 1.21 bits per heavy atom. The number of nitrogens with zero attached hydrogens (tertiary/aromatic N) is 2. The molecule has 0 bridgehead atoms. The lowest BCUT2D eigenvalue weighted by Gasteiger charge is -2.26. The second-order valence-corrected chi connectivity index (χ2v) is 6.67. The number of pyridine rings is 1. The first-order valence-corrected chi connectivity index (χ1v) is 9.66. The number of amides is 1. The van der Waals surface area contributed by atoms with Gasteiger partial charge in [-0.2, -0.15) is 0 Å². The van der Waals surface area contributed by atoms with Crippen molar-refractivity contribution >= 4 is 11.7 Å². The van der Waals surface area contributed by atoms with Gasteiger partial charge in [0.15, 0.2) is 0 Å². The Hall–Kier alpha value is -2.64. The highest BCUT2D eigenvalue weighted by molar-refractivity contribution is 5.94. The predicted octanol–water partition coefficient (Wildman–Crippen LogP) is 1.81. The number of aromatic nitrogens is 1. The Kier molecular flexibility index (Phi) is 7.63. The molecule has 150 valence electrons. The van der Waals surface area contributed by atoms with Crippen LogP contribution < -0.4 is 15.4 Å². The maximum Gasteiger partial charge on any atom is 0.252 e. The second kappa shape index (κ2) is 10.6. The third-order valence-corrected chi connectivity index (χ3v) is 4.70. The zero-order chi connectivity index (χ0) is 19.6. The third kappa shape index (κ3) is 6.21. The lowest BCUT2D eigenvalue weighted by atomic mass is 10.1. The molecule has 2 N–H and O–H groups in total. The number of methoxy groups -OCH3 is 1. The maximum absolute atomic E-state index is 12.3. The van der Waals surface area contributed by atoms with Crippen molar-refractivity contribution in [2.75, 3.05) is 58.4 Å². The predicted molar refractivity (Wildman–Crippen MR) is 109 cm³/mol. The van der Waals surface area contributed by atoms with E-state index in [0.29, 0.717) is 12.1 Å². The average Bonchev–Trinajstić information content (AvgIpc) is 2.75. The van der Waals surface area contributed by atoms with Gasteiger partial charge in [0.25, 0.3) is 5.91 Å². The highest BCUT2D eigenvalue weighted by Crippen LogP contribution is 2.12. The molecule has 2 heterocycles. The van der Waals surface area contributed by atoms with Gasteiger partial charge in [0.1, 0.15) is 11.6 Å². The summed E-state index contributed by atoms with van der Waals surface area (Å²) in [5, 5.41) is 6.23. The van der Waals surface area contributed by atoms with Crippen molar-refractivity contribution < 1.29 is 14.3 Å². The van der Waals surface area contributed by atoms with Crippen LogP contribution in [-0.4, -0.2) is 68.8 Å². The van der Waals surface area contributed by atoms with Crippen molar-refractivity contribution in [2.45, 2.75) is 6.42 Å². The molecule has 7 nitrogen and oxygen atoms in total. The molecular formula is C21H28N4O3. The minimum Gasteiger partial charge on any atom is -0.497 e. The quantitative estimate of drug-likeness (QED) is 0.687. The summed E-state index contributed by atoms with van der Waals surface area (Å²) in [6.45, 7) is 5.90. The Labute approximate surface area is 166 Å². The number of ether oxygens (including phenoxy) is 2. The third-order valence-electron chi connectivity index (χ3n) is 4.70. The van der Waals surface area contributed by atoms with Crippen molar-refractivity contribution in [3.8, 4) is 5.75 Å². The SMILES string of the molecule is COc1cccc(CCNC(=O)c2ccc(NCCN3CCOCC3)nc2)c1. The molecule has 28 heavy (non-hydrogen) atoms. The zero-order valence-corrected chi connectivity index (χ0v) is 16.3. The first kappa shape index (κ1) is 20.1. The number of anilines is 1. The molecule has 1 amide bonds. The van der Waals surface area contributed by atoms with Gasteiger partial charge in [-0.1, -0.05) is 12.1 Å². The molecule has 7 heteroatoms. The van der Waals surface area contributed by atoms with E-state index in [1.54, 1.807) is 19.4 Å². The van der Waals surface area contributed by atoms with Crippen molar-refractivity contribution in [1.29, 1.82) is 0 Å². The van der Waals surface area contributed by atoms with Gasteiger partial charge in [0.05, 0.1) is 25.9 Å². The zero-order valence-electron chi connectivity index (χ0n) is 16.3. The van der Waals surface area contributed by atoms with Crippen LogP contribution in [0, 0.1) is 0 Å². The molecule has 0 aliphatic carbocycles. The fourth-order valence-corrected chi connectivity index (χ4v) is 3.05. The molecule has 1 aromatic carbocycles. The molecule has 1 fully saturated rings. The first-order valence-electron chi connectivity index (χ1n) is 9.66. The lowest BCUT2D eigenvalue weighted by Crippen LogP contribution is -2.39. The highest BCUT2D eigenvalue weighted by Gasteiger charge is 2.10. The van der Waals surface area contributed by atoms with Crippen LogP contribution in [0.5, 0.6) is 5.75 Å². The van der Waals surface area contributed by atoms with Gasteiger partial charge in [-0.25, -0.2) is 4.98 Å². The fraction of sp³-hybridized carbons (Fsp3) is 0.429. The van der Waals surface area contributed by atoms with Gasteiger partial charge in [0.2, 0.25) is 0 Å². The molecule has 0 radical (unpaired) electrons. The van der Waals surface area contributed by atoms with Gasteiger partial charge in [0, 0.05) is 38.9 Å². The summed E-state index contributed by atoms with van der Waals surface area (Å²) in [4.78, 5) is 19.0. The van der Waals surface area contributed by atoms with Crippen LogP contribution in [0.2, 0.25) is 0 Å². The Morgan fingerprint density at radius 2 is 2.07 bits per heavy atom. The van der Waals surface area contributed by atoms with Gasteiger partial charge in [-0.05, 0) is 36.2 Å². The maximum atomic E-state index is 12.3. The molecule has 1 aliphatic heterocycles. The number of hydrogen-bond donors (Lipinski definition) is 2. The monoisotopic (exact) mass is 384 g/mol. The molecule has 0 spiro atoms. The van der Waals surface area contributed by atoms with Crippen LogP contribution in [0.15, 0.2) is 42.6 Å². The van der Waals surface area contributed by atoms with Crippen LogP contribution in [0.1, 0.15) is 15.9 Å². The molecule has 0 unspecified atom stereocenters. The van der Waals surface area contributed by atoms with Crippen LogP contribution in [-0.2, 0) is 11.2 Å². The molecule has 0 saturated carbocycles. The van der Waals surface area contributed by atoms with E-state index in [-0.39, 0.29) is 5.91 Å².